The van der Waals surface area contributed by atoms with Crippen LogP contribution in [0.25, 0.3) is 10.4 Å². The van der Waals surface area contributed by atoms with Crippen molar-refractivity contribution in [3.05, 3.63) is 59.5 Å². The van der Waals surface area contributed by atoms with Gasteiger partial charge in [0.15, 0.2) is 5.13 Å². The van der Waals surface area contributed by atoms with Crippen molar-refractivity contribution < 1.29 is 12.8 Å². The van der Waals surface area contributed by atoms with E-state index < -0.39 is 15.8 Å². The fraction of sp³-hybridized carbons (Fsp3) is 0.375. The smallest absolute Gasteiger partial charge is 0.262 e. The molecule has 1 saturated carbocycles. The number of thiazole rings is 1. The van der Waals surface area contributed by atoms with Gasteiger partial charge in [-0.2, -0.15) is 0 Å². The number of halogens is 1. The van der Waals surface area contributed by atoms with E-state index in [0.29, 0.717) is 11.5 Å². The van der Waals surface area contributed by atoms with Crippen LogP contribution in [-0.4, -0.2) is 19.9 Å². The zero-order valence-electron chi connectivity index (χ0n) is 18.3. The predicted octanol–water partition coefficient (Wildman–Crippen LogP) is 6.36. The van der Waals surface area contributed by atoms with Gasteiger partial charge in [-0.25, -0.2) is 17.8 Å². The minimum absolute atomic E-state index is 0.0690. The maximum atomic E-state index is 14.0. The maximum Gasteiger partial charge on any atom is 0.262 e. The molecule has 32 heavy (non-hydrogen) atoms. The molecule has 0 atom stereocenters. The molecule has 0 saturated heterocycles. The largest absolute Gasteiger partial charge is 0.361 e. The standard InChI is InChI=1S/C24H28FN3O2S2/c1-16-12-13-19(14-22(16)32(29,30)28-21-11-7-6-10-20(21)25)23-17(2)27-24(31-23)26-15-18-8-4-3-5-9-18/h6-7,10-14,18,28H,3-5,8-9,15H2,1-2H3,(H,26,27). The molecule has 2 aromatic carbocycles. The van der Waals surface area contributed by atoms with Gasteiger partial charge in [-0.3, -0.25) is 4.72 Å². The highest BCUT2D eigenvalue weighted by atomic mass is 32.2. The van der Waals surface area contributed by atoms with E-state index in [1.807, 2.05) is 13.0 Å². The zero-order chi connectivity index (χ0) is 22.7. The van der Waals surface area contributed by atoms with Crippen LogP contribution in [0.15, 0.2) is 47.4 Å². The summed E-state index contributed by atoms with van der Waals surface area (Å²) in [6.45, 7) is 4.59. The molecule has 1 fully saturated rings. The monoisotopic (exact) mass is 473 g/mol. The molecule has 170 valence electrons. The van der Waals surface area contributed by atoms with Gasteiger partial charge in [-0.15, -0.1) is 0 Å². The van der Waals surface area contributed by atoms with Gasteiger partial charge in [0, 0.05) is 6.54 Å². The lowest BCUT2D eigenvalue weighted by Crippen LogP contribution is -2.16. The van der Waals surface area contributed by atoms with Crippen molar-refractivity contribution in [1.82, 2.24) is 4.98 Å². The van der Waals surface area contributed by atoms with E-state index in [4.69, 9.17) is 0 Å². The third kappa shape index (κ3) is 5.13. The van der Waals surface area contributed by atoms with E-state index in [1.54, 1.807) is 25.1 Å². The summed E-state index contributed by atoms with van der Waals surface area (Å²) in [4.78, 5) is 5.71. The molecule has 0 unspecified atom stereocenters. The van der Waals surface area contributed by atoms with E-state index in [2.05, 4.69) is 15.0 Å². The molecule has 2 N–H and O–H groups in total. The van der Waals surface area contributed by atoms with Crippen molar-refractivity contribution >= 4 is 32.2 Å². The zero-order valence-corrected chi connectivity index (χ0v) is 20.0. The van der Waals surface area contributed by atoms with Crippen LogP contribution >= 0.6 is 11.3 Å². The first-order chi connectivity index (χ1) is 15.3. The number of nitrogens with zero attached hydrogens (tertiary/aromatic N) is 1. The SMILES string of the molecule is Cc1ccc(-c2sc(NCC3CCCCC3)nc2C)cc1S(=O)(=O)Nc1ccccc1F. The number of nitrogens with one attached hydrogen (secondary N) is 2. The number of aromatic nitrogens is 1. The summed E-state index contributed by atoms with van der Waals surface area (Å²) in [5.74, 6) is 0.0776. The summed E-state index contributed by atoms with van der Waals surface area (Å²) in [5, 5.41) is 4.33. The Morgan fingerprint density at radius 2 is 1.84 bits per heavy atom. The van der Waals surface area contributed by atoms with Crippen LogP contribution in [0, 0.1) is 25.6 Å². The molecule has 0 bridgehead atoms. The first kappa shape index (κ1) is 22.7. The number of anilines is 2. The first-order valence-electron chi connectivity index (χ1n) is 10.9. The second kappa shape index (κ2) is 9.58. The summed E-state index contributed by atoms with van der Waals surface area (Å²) in [6.07, 6.45) is 6.46. The average Bonchev–Trinajstić information content (AvgIpc) is 3.15. The Morgan fingerprint density at radius 3 is 2.59 bits per heavy atom. The van der Waals surface area contributed by atoms with E-state index in [0.717, 1.165) is 27.8 Å². The highest BCUT2D eigenvalue weighted by Crippen LogP contribution is 2.35. The second-order valence-electron chi connectivity index (χ2n) is 8.38. The molecule has 1 aliphatic carbocycles. The number of benzene rings is 2. The first-order valence-corrected chi connectivity index (χ1v) is 13.2. The summed E-state index contributed by atoms with van der Waals surface area (Å²) in [7, 11) is -3.95. The van der Waals surface area contributed by atoms with E-state index in [-0.39, 0.29) is 10.6 Å². The molecule has 0 amide bonds. The van der Waals surface area contributed by atoms with E-state index in [9.17, 15) is 12.8 Å². The lowest BCUT2D eigenvalue weighted by atomic mass is 9.89. The van der Waals surface area contributed by atoms with Crippen LogP contribution in [0.2, 0.25) is 0 Å². The van der Waals surface area contributed by atoms with Crippen LogP contribution in [-0.2, 0) is 10.0 Å². The van der Waals surface area contributed by atoms with Gasteiger partial charge in [0.1, 0.15) is 5.82 Å². The highest BCUT2D eigenvalue weighted by molar-refractivity contribution is 7.92. The van der Waals surface area contributed by atoms with Crippen molar-refractivity contribution in [3.63, 3.8) is 0 Å². The van der Waals surface area contributed by atoms with Crippen molar-refractivity contribution in [2.24, 2.45) is 5.92 Å². The predicted molar refractivity (Wildman–Crippen MR) is 129 cm³/mol. The molecular weight excluding hydrogens is 445 g/mol. The van der Waals surface area contributed by atoms with Crippen LogP contribution in [0.1, 0.15) is 43.4 Å². The molecule has 1 aromatic heterocycles. The van der Waals surface area contributed by atoms with Crippen molar-refractivity contribution in [3.8, 4) is 10.4 Å². The van der Waals surface area contributed by atoms with Crippen LogP contribution in [0.5, 0.6) is 0 Å². The van der Waals surface area contributed by atoms with Crippen LogP contribution in [0.4, 0.5) is 15.2 Å². The molecule has 1 aliphatic rings. The fourth-order valence-corrected chi connectivity index (χ4v) is 6.45. The van der Waals surface area contributed by atoms with E-state index >= 15 is 0 Å². The number of hydrogen-bond donors (Lipinski definition) is 2. The van der Waals surface area contributed by atoms with Gasteiger partial charge in [-0.1, -0.05) is 54.9 Å². The minimum Gasteiger partial charge on any atom is -0.361 e. The Balaban J connectivity index is 1.57. The normalized spacial score (nSPS) is 15.0. The van der Waals surface area contributed by atoms with Gasteiger partial charge in [0.25, 0.3) is 10.0 Å². The number of aryl methyl sites for hydroxylation is 2. The molecule has 0 aliphatic heterocycles. The number of sulfonamides is 1. The molecule has 3 aromatic rings. The Morgan fingerprint density at radius 1 is 1.09 bits per heavy atom. The quantitative estimate of drug-likeness (QED) is 0.419. The van der Waals surface area contributed by atoms with Crippen molar-refractivity contribution in [1.29, 1.82) is 0 Å². The van der Waals surface area contributed by atoms with E-state index in [1.165, 1.54) is 61.6 Å². The number of rotatable bonds is 7. The van der Waals surface area contributed by atoms with Gasteiger partial charge in [0.2, 0.25) is 0 Å². The second-order valence-corrected chi connectivity index (χ2v) is 11.0. The lowest BCUT2D eigenvalue weighted by molar-refractivity contribution is 0.373. The Kier molecular flexibility index (Phi) is 6.81. The van der Waals surface area contributed by atoms with Crippen LogP contribution in [0.3, 0.4) is 0 Å². The Labute approximate surface area is 193 Å². The summed E-state index contributed by atoms with van der Waals surface area (Å²) in [5.41, 5.74) is 2.16. The number of para-hydroxylation sites is 1. The molecule has 8 heteroatoms. The van der Waals surface area contributed by atoms with Gasteiger partial charge >= 0.3 is 0 Å². The van der Waals surface area contributed by atoms with Gasteiger partial charge in [0.05, 0.1) is 21.2 Å². The van der Waals surface area contributed by atoms with Crippen molar-refractivity contribution in [2.45, 2.75) is 50.8 Å². The molecule has 1 heterocycles. The molecule has 0 radical (unpaired) electrons. The third-order valence-electron chi connectivity index (χ3n) is 5.92. The average molecular weight is 474 g/mol. The highest BCUT2D eigenvalue weighted by Gasteiger charge is 2.21. The Bertz CT molecular complexity index is 1200. The third-order valence-corrected chi connectivity index (χ3v) is 8.59. The topological polar surface area (TPSA) is 71.1 Å². The maximum absolute atomic E-state index is 14.0. The van der Waals surface area contributed by atoms with Crippen LogP contribution < -0.4 is 10.0 Å². The Hall–Kier alpha value is -2.45. The lowest BCUT2D eigenvalue weighted by Gasteiger charge is -2.21. The summed E-state index contributed by atoms with van der Waals surface area (Å²) >= 11 is 1.54. The van der Waals surface area contributed by atoms with Crippen molar-refractivity contribution in [2.75, 3.05) is 16.6 Å². The number of hydrogen-bond acceptors (Lipinski definition) is 5. The minimum atomic E-state index is -3.95. The van der Waals surface area contributed by atoms with Gasteiger partial charge < -0.3 is 5.32 Å². The van der Waals surface area contributed by atoms with Gasteiger partial charge in [-0.05, 0) is 61.9 Å². The molecule has 0 spiro atoms. The molecule has 4 rings (SSSR count). The summed E-state index contributed by atoms with van der Waals surface area (Å²) in [6, 6.07) is 11.1. The fourth-order valence-electron chi connectivity index (χ4n) is 4.14. The molecule has 5 nitrogen and oxygen atoms in total. The summed E-state index contributed by atoms with van der Waals surface area (Å²) < 4.78 is 42.4. The molecular formula is C24H28FN3O2S2.